The first kappa shape index (κ1) is 22.5. The van der Waals surface area contributed by atoms with Crippen molar-refractivity contribution in [3.05, 3.63) is 48.0 Å². The quantitative estimate of drug-likeness (QED) is 0.654. The van der Waals surface area contributed by atoms with Crippen molar-refractivity contribution < 1.29 is 22.7 Å². The van der Waals surface area contributed by atoms with Gasteiger partial charge in [0.15, 0.2) is 11.5 Å². The molecule has 3 atom stereocenters. The maximum atomic E-state index is 13.6. The predicted molar refractivity (Wildman–Crippen MR) is 123 cm³/mol. The molecule has 0 radical (unpaired) electrons. The van der Waals surface area contributed by atoms with Crippen molar-refractivity contribution in [1.29, 1.82) is 0 Å². The van der Waals surface area contributed by atoms with Crippen LogP contribution in [0.2, 0.25) is 0 Å². The van der Waals surface area contributed by atoms with Crippen LogP contribution in [0.25, 0.3) is 0 Å². The summed E-state index contributed by atoms with van der Waals surface area (Å²) in [6.45, 7) is 1.59. The van der Waals surface area contributed by atoms with Crippen molar-refractivity contribution in [2.45, 2.75) is 43.5 Å². The summed E-state index contributed by atoms with van der Waals surface area (Å²) in [4.78, 5) is 13.1. The summed E-state index contributed by atoms with van der Waals surface area (Å²) < 4.78 is 38.9. The minimum atomic E-state index is -3.98. The Bertz CT molecular complexity index is 1080. The number of hydrogen-bond acceptors (Lipinski definition) is 5. The van der Waals surface area contributed by atoms with Gasteiger partial charge in [-0.15, -0.1) is 0 Å². The van der Waals surface area contributed by atoms with E-state index in [4.69, 9.17) is 9.47 Å². The van der Waals surface area contributed by atoms with Crippen molar-refractivity contribution >= 4 is 21.6 Å². The lowest BCUT2D eigenvalue weighted by molar-refractivity contribution is -0.120. The topological polar surface area (TPSA) is 84.9 Å². The molecule has 32 heavy (non-hydrogen) atoms. The number of hydrogen-bond donors (Lipinski definition) is 1. The first-order chi connectivity index (χ1) is 15.3. The Kier molecular flexibility index (Phi) is 6.33. The highest BCUT2D eigenvalue weighted by atomic mass is 32.2. The molecular weight excluding hydrogens is 428 g/mol. The molecule has 0 aliphatic heterocycles. The third-order valence-electron chi connectivity index (χ3n) is 6.64. The fraction of sp³-hybridized carbons (Fsp3) is 0.458. The van der Waals surface area contributed by atoms with E-state index in [1.807, 2.05) is 6.92 Å². The molecule has 7 nitrogen and oxygen atoms in total. The predicted octanol–water partition coefficient (Wildman–Crippen LogP) is 3.51. The van der Waals surface area contributed by atoms with Crippen LogP contribution in [0.15, 0.2) is 47.4 Å². The Morgan fingerprint density at radius 3 is 2.34 bits per heavy atom. The summed E-state index contributed by atoms with van der Waals surface area (Å²) in [6.07, 6.45) is 4.51. The van der Waals surface area contributed by atoms with Crippen LogP contribution in [0.1, 0.15) is 31.2 Å². The molecule has 0 aromatic heterocycles. The zero-order chi connectivity index (χ0) is 22.9. The molecule has 172 valence electrons. The van der Waals surface area contributed by atoms with Crippen molar-refractivity contribution in [2.75, 3.05) is 25.1 Å². The summed E-state index contributed by atoms with van der Waals surface area (Å²) >= 11 is 0. The van der Waals surface area contributed by atoms with Crippen LogP contribution in [-0.4, -0.2) is 41.1 Å². The lowest BCUT2D eigenvalue weighted by atomic mass is 9.95. The molecule has 2 saturated carbocycles. The standard InChI is InChI=1S/C24H30N2O5S/c1-16-4-9-20(10-5-16)32(28,29)26(19-8-11-22(30-2)23(14-19)31-3)15-24(27)25-21-13-17-6-7-18(21)12-17/h4-5,8-11,14,17-18,21H,6-7,12-13,15H2,1-3H3,(H,25,27)/t17-,18+,21+/m0/s1. The highest BCUT2D eigenvalue weighted by Crippen LogP contribution is 2.44. The number of ether oxygens (including phenoxy) is 2. The van der Waals surface area contributed by atoms with E-state index in [-0.39, 0.29) is 23.4 Å². The van der Waals surface area contributed by atoms with E-state index in [0.29, 0.717) is 29.0 Å². The molecule has 0 spiro atoms. The van der Waals surface area contributed by atoms with Gasteiger partial charge in [-0.3, -0.25) is 9.10 Å². The molecule has 2 aromatic rings. The summed E-state index contributed by atoms with van der Waals surface area (Å²) in [5, 5.41) is 3.09. The number of fused-ring (bicyclic) bond motifs is 2. The SMILES string of the molecule is COc1ccc(N(CC(=O)N[C@@H]2C[C@H]3CC[C@@H]2C3)S(=O)(=O)c2ccc(C)cc2)cc1OC. The van der Waals surface area contributed by atoms with Crippen molar-refractivity contribution in [3.8, 4) is 11.5 Å². The number of aryl methyl sites for hydroxylation is 1. The van der Waals surface area contributed by atoms with E-state index < -0.39 is 10.0 Å². The van der Waals surface area contributed by atoms with E-state index >= 15 is 0 Å². The Morgan fingerprint density at radius 1 is 1.03 bits per heavy atom. The van der Waals surface area contributed by atoms with Gasteiger partial charge in [0.2, 0.25) is 5.91 Å². The van der Waals surface area contributed by atoms with Crippen LogP contribution in [0.5, 0.6) is 11.5 Å². The third kappa shape index (κ3) is 4.41. The van der Waals surface area contributed by atoms with Crippen molar-refractivity contribution in [2.24, 2.45) is 11.8 Å². The molecule has 2 aromatic carbocycles. The summed E-state index contributed by atoms with van der Waals surface area (Å²) in [5.74, 6) is 1.77. The van der Waals surface area contributed by atoms with Crippen molar-refractivity contribution in [3.63, 3.8) is 0 Å². The number of methoxy groups -OCH3 is 2. The first-order valence-electron chi connectivity index (χ1n) is 10.9. The van der Waals surface area contributed by atoms with Gasteiger partial charge in [0.25, 0.3) is 10.0 Å². The smallest absolute Gasteiger partial charge is 0.264 e. The van der Waals surface area contributed by atoms with Gasteiger partial charge in [0.1, 0.15) is 6.54 Å². The van der Waals surface area contributed by atoms with Crippen molar-refractivity contribution in [1.82, 2.24) is 5.32 Å². The Labute approximate surface area is 189 Å². The lowest BCUT2D eigenvalue weighted by Gasteiger charge is -2.27. The van der Waals surface area contributed by atoms with Crippen LogP contribution >= 0.6 is 0 Å². The Hall–Kier alpha value is -2.74. The molecule has 1 N–H and O–H groups in total. The lowest BCUT2D eigenvalue weighted by Crippen LogP contribution is -2.46. The second-order valence-corrected chi connectivity index (χ2v) is 10.6. The van der Waals surface area contributed by atoms with Gasteiger partial charge in [-0.25, -0.2) is 8.42 Å². The van der Waals surface area contributed by atoms with Crippen LogP contribution in [0.3, 0.4) is 0 Å². The molecule has 2 bridgehead atoms. The molecule has 8 heteroatoms. The Balaban J connectivity index is 1.64. The van der Waals surface area contributed by atoms with Crippen LogP contribution in [0, 0.1) is 18.8 Å². The van der Waals surface area contributed by atoms with E-state index in [9.17, 15) is 13.2 Å². The highest BCUT2D eigenvalue weighted by molar-refractivity contribution is 7.92. The minimum absolute atomic E-state index is 0.130. The number of rotatable bonds is 8. The fourth-order valence-corrected chi connectivity index (χ4v) is 6.35. The summed E-state index contributed by atoms with van der Waals surface area (Å²) in [5.41, 5.74) is 1.29. The molecule has 2 aliphatic rings. The number of nitrogens with one attached hydrogen (secondary N) is 1. The van der Waals surface area contributed by atoms with Gasteiger partial charge in [0, 0.05) is 12.1 Å². The molecule has 0 unspecified atom stereocenters. The molecule has 0 saturated heterocycles. The maximum Gasteiger partial charge on any atom is 0.264 e. The average Bonchev–Trinajstić information content (AvgIpc) is 3.40. The second kappa shape index (κ2) is 9.02. The number of amides is 1. The molecule has 2 aliphatic carbocycles. The maximum absolute atomic E-state index is 13.6. The number of carbonyl (C=O) groups excluding carboxylic acids is 1. The van der Waals surface area contributed by atoms with Gasteiger partial charge in [-0.1, -0.05) is 24.1 Å². The molecule has 1 amide bonds. The summed E-state index contributed by atoms with van der Waals surface area (Å²) in [6, 6.07) is 11.6. The number of anilines is 1. The largest absolute Gasteiger partial charge is 0.493 e. The van der Waals surface area contributed by atoms with E-state index in [1.165, 1.54) is 20.6 Å². The normalized spacial score (nSPS) is 21.9. The average molecular weight is 459 g/mol. The fourth-order valence-electron chi connectivity index (χ4n) is 4.94. The van der Waals surface area contributed by atoms with Gasteiger partial charge in [-0.2, -0.15) is 0 Å². The number of carbonyl (C=O) groups is 1. The van der Waals surface area contributed by atoms with Gasteiger partial charge in [-0.05, 0) is 62.3 Å². The minimum Gasteiger partial charge on any atom is -0.493 e. The number of sulfonamides is 1. The molecular formula is C24H30N2O5S. The monoisotopic (exact) mass is 458 g/mol. The van der Waals surface area contributed by atoms with E-state index in [0.717, 1.165) is 29.1 Å². The van der Waals surface area contributed by atoms with Gasteiger partial charge in [0.05, 0.1) is 24.8 Å². The zero-order valence-electron chi connectivity index (χ0n) is 18.7. The van der Waals surface area contributed by atoms with E-state index in [1.54, 1.807) is 42.5 Å². The number of nitrogens with zero attached hydrogens (tertiary/aromatic N) is 1. The van der Waals surface area contributed by atoms with E-state index in [2.05, 4.69) is 5.32 Å². The molecule has 4 rings (SSSR count). The van der Waals surface area contributed by atoms with Crippen LogP contribution in [0.4, 0.5) is 5.69 Å². The zero-order valence-corrected chi connectivity index (χ0v) is 19.5. The Morgan fingerprint density at radius 2 is 1.75 bits per heavy atom. The van der Waals surface area contributed by atoms with Crippen LogP contribution < -0.4 is 19.1 Å². The first-order valence-corrected chi connectivity index (χ1v) is 12.4. The van der Waals surface area contributed by atoms with Crippen LogP contribution in [-0.2, 0) is 14.8 Å². The third-order valence-corrected chi connectivity index (χ3v) is 8.42. The van der Waals surface area contributed by atoms with Gasteiger partial charge < -0.3 is 14.8 Å². The summed E-state index contributed by atoms with van der Waals surface area (Å²) in [7, 11) is -0.975. The van der Waals surface area contributed by atoms with Gasteiger partial charge >= 0.3 is 0 Å². The molecule has 0 heterocycles. The highest BCUT2D eigenvalue weighted by Gasteiger charge is 2.40. The molecule has 2 fully saturated rings. The number of benzene rings is 2. The second-order valence-electron chi connectivity index (χ2n) is 8.71.